The third-order valence-corrected chi connectivity index (χ3v) is 6.22. The highest BCUT2D eigenvalue weighted by atomic mass is 35.5. The molecule has 0 saturated heterocycles. The maximum absolute atomic E-state index is 12.9. The highest BCUT2D eigenvalue weighted by Gasteiger charge is 2.34. The molecular formula is C20H20ClNO5S. The lowest BCUT2D eigenvalue weighted by Crippen LogP contribution is -2.43. The van der Waals surface area contributed by atoms with Gasteiger partial charge in [0.1, 0.15) is 0 Å². The molecule has 148 valence electrons. The minimum Gasteiger partial charge on any atom is -0.449 e. The molecule has 2 atom stereocenters. The topological polar surface area (TPSA) is 80.8 Å². The van der Waals surface area contributed by atoms with Gasteiger partial charge in [0.15, 0.2) is 15.9 Å². The molecule has 6 nitrogen and oxygen atoms in total. The van der Waals surface area contributed by atoms with Gasteiger partial charge < -0.3 is 9.64 Å². The van der Waals surface area contributed by atoms with Gasteiger partial charge in [-0.05, 0) is 50.1 Å². The number of fused-ring (bicyclic) bond motifs is 1. The van der Waals surface area contributed by atoms with E-state index in [1.807, 2.05) is 31.2 Å². The number of carbonyl (C=O) groups excluding carboxylic acids is 2. The van der Waals surface area contributed by atoms with Crippen molar-refractivity contribution in [2.75, 3.05) is 11.2 Å². The van der Waals surface area contributed by atoms with Gasteiger partial charge in [-0.1, -0.05) is 29.8 Å². The van der Waals surface area contributed by atoms with Crippen LogP contribution in [0.15, 0.2) is 47.4 Å². The van der Waals surface area contributed by atoms with Crippen LogP contribution in [0.4, 0.5) is 5.69 Å². The Hall–Kier alpha value is -2.38. The number of halogens is 1. The fourth-order valence-electron chi connectivity index (χ4n) is 3.29. The van der Waals surface area contributed by atoms with Gasteiger partial charge in [-0.25, -0.2) is 13.2 Å². The third kappa shape index (κ3) is 3.91. The fourth-order valence-corrected chi connectivity index (χ4v) is 4.59. The monoisotopic (exact) mass is 421 g/mol. The molecular weight excluding hydrogens is 402 g/mol. The molecule has 0 unspecified atom stereocenters. The summed E-state index contributed by atoms with van der Waals surface area (Å²) in [6, 6.07) is 11.4. The number of benzene rings is 2. The molecule has 8 heteroatoms. The number of hydrogen-bond donors (Lipinski definition) is 0. The number of nitrogens with zero attached hydrogens (tertiary/aromatic N) is 1. The second-order valence-electron chi connectivity index (χ2n) is 6.86. The molecule has 28 heavy (non-hydrogen) atoms. The lowest BCUT2D eigenvalue weighted by Gasteiger charge is -2.26. The van der Waals surface area contributed by atoms with Crippen molar-refractivity contribution >= 4 is 39.0 Å². The first kappa shape index (κ1) is 20.4. The summed E-state index contributed by atoms with van der Waals surface area (Å²) in [4.78, 5) is 26.8. The summed E-state index contributed by atoms with van der Waals surface area (Å²) in [7, 11) is -3.60. The summed E-state index contributed by atoms with van der Waals surface area (Å²) in [6.45, 7) is 3.44. The molecule has 3 rings (SSSR count). The predicted molar refractivity (Wildman–Crippen MR) is 107 cm³/mol. The molecule has 0 N–H and O–H groups in total. The second-order valence-corrected chi connectivity index (χ2v) is 9.25. The zero-order valence-electron chi connectivity index (χ0n) is 15.7. The maximum atomic E-state index is 12.9. The molecule has 1 heterocycles. The van der Waals surface area contributed by atoms with E-state index in [2.05, 4.69) is 0 Å². The molecule has 0 fully saturated rings. The number of sulfone groups is 1. The Morgan fingerprint density at radius 2 is 1.89 bits per heavy atom. The van der Waals surface area contributed by atoms with Gasteiger partial charge in [-0.2, -0.15) is 0 Å². The quantitative estimate of drug-likeness (QED) is 0.708. The molecule has 0 saturated carbocycles. The van der Waals surface area contributed by atoms with Gasteiger partial charge >= 0.3 is 5.97 Å². The minimum absolute atomic E-state index is 0.0133. The summed E-state index contributed by atoms with van der Waals surface area (Å²) in [6.07, 6.45) is 0.706. The maximum Gasteiger partial charge on any atom is 0.338 e. The van der Waals surface area contributed by atoms with Gasteiger partial charge in [0.2, 0.25) is 0 Å². The average molecular weight is 422 g/mol. The van der Waals surface area contributed by atoms with Crippen molar-refractivity contribution in [2.45, 2.75) is 37.3 Å². The normalized spacial score (nSPS) is 17.1. The first-order chi connectivity index (χ1) is 13.1. The molecule has 0 aliphatic carbocycles. The number of esters is 1. The Balaban J connectivity index is 1.79. The second kappa shape index (κ2) is 7.56. The molecule has 0 aromatic heterocycles. The van der Waals surface area contributed by atoms with Crippen molar-refractivity contribution in [2.24, 2.45) is 0 Å². The van der Waals surface area contributed by atoms with Crippen LogP contribution in [0.3, 0.4) is 0 Å². The van der Waals surface area contributed by atoms with Crippen LogP contribution in [0, 0.1) is 0 Å². The Labute approximate surface area is 169 Å². The minimum atomic E-state index is -3.60. The lowest BCUT2D eigenvalue weighted by molar-refractivity contribution is -0.126. The fraction of sp³-hybridized carbons (Fsp3) is 0.300. The Kier molecular flexibility index (Phi) is 5.50. The molecule has 1 aliphatic rings. The van der Waals surface area contributed by atoms with Gasteiger partial charge in [-0.3, -0.25) is 4.79 Å². The van der Waals surface area contributed by atoms with Crippen LogP contribution >= 0.6 is 11.6 Å². The zero-order valence-corrected chi connectivity index (χ0v) is 17.3. The Bertz CT molecular complexity index is 1050. The van der Waals surface area contributed by atoms with Gasteiger partial charge in [0, 0.05) is 18.0 Å². The van der Waals surface area contributed by atoms with Crippen LogP contribution in [-0.4, -0.2) is 38.7 Å². The van der Waals surface area contributed by atoms with E-state index in [-0.39, 0.29) is 27.4 Å². The number of hydrogen-bond acceptors (Lipinski definition) is 5. The summed E-state index contributed by atoms with van der Waals surface area (Å²) in [5, 5.41) is 0.0191. The molecule has 0 radical (unpaired) electrons. The summed E-state index contributed by atoms with van der Waals surface area (Å²) >= 11 is 5.90. The molecule has 2 aromatic carbocycles. The molecule has 0 spiro atoms. The van der Waals surface area contributed by atoms with Crippen LogP contribution in [0.25, 0.3) is 0 Å². The first-order valence-corrected chi connectivity index (χ1v) is 11.0. The largest absolute Gasteiger partial charge is 0.449 e. The SMILES string of the molecule is C[C@H](OC(=O)c1ccc(Cl)c(S(C)(=O)=O)c1)C(=O)N1c2ccccc2C[C@H]1C. The number of anilines is 1. The van der Waals surface area contributed by atoms with Crippen molar-refractivity contribution in [3.8, 4) is 0 Å². The van der Waals surface area contributed by atoms with Crippen LogP contribution in [0.1, 0.15) is 29.8 Å². The van der Waals surface area contributed by atoms with Crippen molar-refractivity contribution in [1.29, 1.82) is 0 Å². The number of rotatable bonds is 4. The van der Waals surface area contributed by atoms with Crippen molar-refractivity contribution < 1.29 is 22.7 Å². The van der Waals surface area contributed by atoms with E-state index < -0.39 is 21.9 Å². The average Bonchev–Trinajstić information content (AvgIpc) is 2.95. The third-order valence-electron chi connectivity index (χ3n) is 4.64. The molecule has 2 aromatic rings. The van der Waals surface area contributed by atoms with Gasteiger partial charge in [0.25, 0.3) is 5.91 Å². The summed E-state index contributed by atoms with van der Waals surface area (Å²) in [5.41, 5.74) is 1.89. The Morgan fingerprint density at radius 3 is 2.57 bits per heavy atom. The highest BCUT2D eigenvalue weighted by Crippen LogP contribution is 2.32. The van der Waals surface area contributed by atoms with Gasteiger partial charge in [0.05, 0.1) is 15.5 Å². The lowest BCUT2D eigenvalue weighted by atomic mass is 10.1. The van der Waals surface area contributed by atoms with E-state index in [0.717, 1.165) is 30.0 Å². The van der Waals surface area contributed by atoms with Crippen LogP contribution in [0.2, 0.25) is 5.02 Å². The van der Waals surface area contributed by atoms with Crippen molar-refractivity contribution in [1.82, 2.24) is 0 Å². The van der Waals surface area contributed by atoms with Crippen LogP contribution in [-0.2, 0) is 25.8 Å². The van der Waals surface area contributed by atoms with E-state index in [1.54, 1.807) is 4.90 Å². The van der Waals surface area contributed by atoms with Crippen molar-refractivity contribution in [3.05, 3.63) is 58.6 Å². The molecule has 1 amide bonds. The Morgan fingerprint density at radius 1 is 1.21 bits per heavy atom. The highest BCUT2D eigenvalue weighted by molar-refractivity contribution is 7.90. The van der Waals surface area contributed by atoms with E-state index in [1.165, 1.54) is 19.1 Å². The zero-order chi connectivity index (χ0) is 20.6. The van der Waals surface area contributed by atoms with E-state index in [4.69, 9.17) is 16.3 Å². The standard InChI is InChI=1S/C20H20ClNO5S/c1-12-10-14-6-4-5-7-17(14)22(12)19(23)13(2)27-20(24)15-8-9-16(21)18(11-15)28(3,25)26/h4-9,11-13H,10H2,1-3H3/t12-,13+/m1/s1. The smallest absolute Gasteiger partial charge is 0.338 e. The number of amides is 1. The number of ether oxygens (including phenoxy) is 1. The van der Waals surface area contributed by atoms with Crippen LogP contribution < -0.4 is 4.90 Å². The predicted octanol–water partition coefficient (Wildman–Crippen LogP) is 3.27. The number of carbonyl (C=O) groups is 2. The van der Waals surface area contributed by atoms with Crippen molar-refractivity contribution in [3.63, 3.8) is 0 Å². The van der Waals surface area contributed by atoms with E-state index >= 15 is 0 Å². The first-order valence-electron chi connectivity index (χ1n) is 8.71. The summed E-state index contributed by atoms with van der Waals surface area (Å²) in [5.74, 6) is -1.12. The molecule has 1 aliphatic heterocycles. The molecule has 0 bridgehead atoms. The van der Waals surface area contributed by atoms with E-state index in [9.17, 15) is 18.0 Å². The summed E-state index contributed by atoms with van der Waals surface area (Å²) < 4.78 is 28.9. The van der Waals surface area contributed by atoms with Crippen LogP contribution in [0.5, 0.6) is 0 Å². The van der Waals surface area contributed by atoms with Gasteiger partial charge in [-0.15, -0.1) is 0 Å². The van der Waals surface area contributed by atoms with E-state index in [0.29, 0.717) is 0 Å². The number of para-hydroxylation sites is 1.